The van der Waals surface area contributed by atoms with Crippen LogP contribution in [0.5, 0.6) is 0 Å². The van der Waals surface area contributed by atoms with E-state index in [1.54, 1.807) is 30.0 Å². The number of nitrogens with two attached hydrogens (primary N) is 1. The number of thioether (sulfide) groups is 1. The number of nitrogen functional groups attached to an aromatic ring is 1. The van der Waals surface area contributed by atoms with Crippen LogP contribution in [0.4, 0.5) is 11.4 Å². The Kier molecular flexibility index (Phi) is 7.93. The Labute approximate surface area is 136 Å². The largest absolute Gasteiger partial charge is 0.397 e. The van der Waals surface area contributed by atoms with Crippen LogP contribution in [0.25, 0.3) is 0 Å². The normalized spacial score (nSPS) is 12.4. The van der Waals surface area contributed by atoms with Gasteiger partial charge in [-0.25, -0.2) is 0 Å². The van der Waals surface area contributed by atoms with Crippen molar-refractivity contribution in [3.63, 3.8) is 0 Å². The van der Waals surface area contributed by atoms with E-state index in [1.165, 1.54) is 0 Å². The first-order valence-corrected chi connectivity index (χ1v) is 8.60. The minimum absolute atomic E-state index is 0.0127. The highest BCUT2D eigenvalue weighted by Gasteiger charge is 2.14. The highest BCUT2D eigenvalue weighted by molar-refractivity contribution is 8.00. The fourth-order valence-corrected chi connectivity index (χ4v) is 2.88. The Balaban J connectivity index is 2.42. The third kappa shape index (κ3) is 6.16. The lowest BCUT2D eigenvalue weighted by atomic mass is 10.2. The first kappa shape index (κ1) is 18.1. The topological polar surface area (TPSA) is 58.4 Å². The summed E-state index contributed by atoms with van der Waals surface area (Å²) >= 11 is 7.52. The molecule has 0 spiro atoms. The highest BCUT2D eigenvalue weighted by atomic mass is 35.5. The Morgan fingerprint density at radius 3 is 2.67 bits per heavy atom. The number of hydrogen-bond acceptors (Lipinski definition) is 4. The van der Waals surface area contributed by atoms with Gasteiger partial charge >= 0.3 is 0 Å². The van der Waals surface area contributed by atoms with Crippen LogP contribution in [0.2, 0.25) is 5.02 Å². The number of carbonyl (C=O) groups excluding carboxylic acids is 1. The standard InChI is InChI=1S/C15H24ClN3OS/c1-4-19(5-2)8-9-21-11(3)15(20)18-12-6-7-13(16)14(17)10-12/h6-7,10-11H,4-5,8-9,17H2,1-3H3,(H,18,20). The second-order valence-corrected chi connectivity index (χ2v) is 6.62. The molecule has 3 N–H and O–H groups in total. The Hall–Kier alpha value is -0.910. The van der Waals surface area contributed by atoms with E-state index in [4.69, 9.17) is 17.3 Å². The zero-order valence-electron chi connectivity index (χ0n) is 12.9. The van der Waals surface area contributed by atoms with E-state index in [0.717, 1.165) is 25.4 Å². The lowest BCUT2D eigenvalue weighted by Gasteiger charge is -2.19. The van der Waals surface area contributed by atoms with Crippen LogP contribution in [-0.2, 0) is 4.79 Å². The minimum Gasteiger partial charge on any atom is -0.397 e. The van der Waals surface area contributed by atoms with E-state index in [0.29, 0.717) is 16.4 Å². The van der Waals surface area contributed by atoms with Crippen molar-refractivity contribution in [2.24, 2.45) is 0 Å². The Morgan fingerprint density at radius 1 is 1.43 bits per heavy atom. The predicted octanol–water partition coefficient (Wildman–Crippen LogP) is 3.32. The summed E-state index contributed by atoms with van der Waals surface area (Å²) in [5.41, 5.74) is 6.87. The molecule has 4 nitrogen and oxygen atoms in total. The molecule has 1 unspecified atom stereocenters. The SMILES string of the molecule is CCN(CC)CCSC(C)C(=O)Nc1ccc(Cl)c(N)c1. The summed E-state index contributed by atoms with van der Waals surface area (Å²) in [6.07, 6.45) is 0. The van der Waals surface area contributed by atoms with E-state index in [9.17, 15) is 4.79 Å². The lowest BCUT2D eigenvalue weighted by molar-refractivity contribution is -0.115. The zero-order chi connectivity index (χ0) is 15.8. The van der Waals surface area contributed by atoms with Crippen molar-refractivity contribution in [3.05, 3.63) is 23.2 Å². The molecule has 0 heterocycles. The second kappa shape index (κ2) is 9.18. The van der Waals surface area contributed by atoms with Crippen molar-refractivity contribution in [1.29, 1.82) is 0 Å². The van der Waals surface area contributed by atoms with E-state index >= 15 is 0 Å². The smallest absolute Gasteiger partial charge is 0.237 e. The van der Waals surface area contributed by atoms with Gasteiger partial charge in [0.2, 0.25) is 5.91 Å². The van der Waals surface area contributed by atoms with Gasteiger partial charge in [0, 0.05) is 18.0 Å². The first-order chi connectivity index (χ1) is 9.97. The Bertz CT molecular complexity index is 466. The number of hydrogen-bond donors (Lipinski definition) is 2. The lowest BCUT2D eigenvalue weighted by Crippen LogP contribution is -2.28. The van der Waals surface area contributed by atoms with Crippen molar-refractivity contribution >= 4 is 40.6 Å². The van der Waals surface area contributed by atoms with E-state index in [-0.39, 0.29) is 11.2 Å². The zero-order valence-corrected chi connectivity index (χ0v) is 14.4. The van der Waals surface area contributed by atoms with Crippen LogP contribution >= 0.6 is 23.4 Å². The third-order valence-electron chi connectivity index (χ3n) is 3.30. The number of carbonyl (C=O) groups is 1. The van der Waals surface area contributed by atoms with Crippen LogP contribution in [0.3, 0.4) is 0 Å². The molecule has 1 atom stereocenters. The fraction of sp³-hybridized carbons (Fsp3) is 0.533. The molecular formula is C15H24ClN3OS. The molecule has 0 radical (unpaired) electrons. The first-order valence-electron chi connectivity index (χ1n) is 7.17. The maximum Gasteiger partial charge on any atom is 0.237 e. The number of rotatable bonds is 8. The quantitative estimate of drug-likeness (QED) is 0.718. The summed E-state index contributed by atoms with van der Waals surface area (Å²) in [5, 5.41) is 3.26. The van der Waals surface area contributed by atoms with Crippen molar-refractivity contribution in [1.82, 2.24) is 4.90 Å². The number of amides is 1. The molecule has 0 saturated carbocycles. The fourth-order valence-electron chi connectivity index (χ4n) is 1.84. The van der Waals surface area contributed by atoms with Crippen molar-refractivity contribution in [2.75, 3.05) is 36.4 Å². The van der Waals surface area contributed by atoms with Gasteiger partial charge in [0.25, 0.3) is 0 Å². The van der Waals surface area contributed by atoms with E-state index in [1.807, 2.05) is 6.92 Å². The molecule has 118 valence electrons. The summed E-state index contributed by atoms with van der Waals surface area (Å²) in [4.78, 5) is 14.4. The summed E-state index contributed by atoms with van der Waals surface area (Å²) < 4.78 is 0. The summed E-state index contributed by atoms with van der Waals surface area (Å²) in [5.74, 6) is 0.931. The molecule has 1 aromatic rings. The van der Waals surface area contributed by atoms with Gasteiger partial charge < -0.3 is 16.0 Å². The molecule has 21 heavy (non-hydrogen) atoms. The van der Waals surface area contributed by atoms with Crippen LogP contribution in [0.15, 0.2) is 18.2 Å². The molecule has 1 rings (SSSR count). The second-order valence-electron chi connectivity index (χ2n) is 4.77. The van der Waals surface area contributed by atoms with Crippen molar-refractivity contribution in [2.45, 2.75) is 26.0 Å². The van der Waals surface area contributed by atoms with Crippen LogP contribution < -0.4 is 11.1 Å². The highest BCUT2D eigenvalue weighted by Crippen LogP contribution is 2.23. The maximum absolute atomic E-state index is 12.1. The number of nitrogens with zero attached hydrogens (tertiary/aromatic N) is 1. The predicted molar refractivity (Wildman–Crippen MR) is 94.2 cm³/mol. The van der Waals surface area contributed by atoms with Crippen LogP contribution in [-0.4, -0.2) is 41.4 Å². The molecule has 0 saturated heterocycles. The van der Waals surface area contributed by atoms with Gasteiger partial charge in [-0.3, -0.25) is 4.79 Å². The van der Waals surface area contributed by atoms with Crippen LogP contribution in [0, 0.1) is 0 Å². The molecule has 6 heteroatoms. The van der Waals surface area contributed by atoms with Gasteiger partial charge in [-0.15, -0.1) is 11.8 Å². The van der Waals surface area contributed by atoms with Gasteiger partial charge in [0.05, 0.1) is 16.0 Å². The molecule has 1 aromatic carbocycles. The monoisotopic (exact) mass is 329 g/mol. The third-order valence-corrected chi connectivity index (χ3v) is 4.78. The van der Waals surface area contributed by atoms with Crippen LogP contribution in [0.1, 0.15) is 20.8 Å². The molecule has 0 aliphatic carbocycles. The summed E-state index contributed by atoms with van der Waals surface area (Å²) in [6, 6.07) is 5.11. The molecule has 0 aliphatic rings. The molecule has 0 aromatic heterocycles. The number of anilines is 2. The van der Waals surface area contributed by atoms with Gasteiger partial charge in [0.15, 0.2) is 0 Å². The minimum atomic E-state index is -0.0996. The van der Waals surface area contributed by atoms with Crippen molar-refractivity contribution in [3.8, 4) is 0 Å². The van der Waals surface area contributed by atoms with Gasteiger partial charge in [-0.05, 0) is 38.2 Å². The molecule has 0 bridgehead atoms. The molecule has 0 fully saturated rings. The summed E-state index contributed by atoms with van der Waals surface area (Å²) in [6.45, 7) is 9.30. The average Bonchev–Trinajstić information content (AvgIpc) is 2.47. The number of benzene rings is 1. The number of halogens is 1. The average molecular weight is 330 g/mol. The van der Waals surface area contributed by atoms with Gasteiger partial charge in [-0.2, -0.15) is 0 Å². The number of nitrogens with one attached hydrogen (secondary N) is 1. The molecular weight excluding hydrogens is 306 g/mol. The molecule has 1 amide bonds. The molecule has 0 aliphatic heterocycles. The Morgan fingerprint density at radius 2 is 2.10 bits per heavy atom. The van der Waals surface area contributed by atoms with E-state index < -0.39 is 0 Å². The maximum atomic E-state index is 12.1. The van der Waals surface area contributed by atoms with Gasteiger partial charge in [-0.1, -0.05) is 25.4 Å². The van der Waals surface area contributed by atoms with Gasteiger partial charge in [0.1, 0.15) is 0 Å². The van der Waals surface area contributed by atoms with E-state index in [2.05, 4.69) is 24.1 Å². The summed E-state index contributed by atoms with van der Waals surface area (Å²) in [7, 11) is 0. The van der Waals surface area contributed by atoms with Crippen molar-refractivity contribution < 1.29 is 4.79 Å².